The maximum absolute atomic E-state index is 12.3. The number of pyridine rings is 1. The zero-order valence-electron chi connectivity index (χ0n) is 19.1. The van der Waals surface area contributed by atoms with Crippen molar-refractivity contribution < 1.29 is 28.9 Å². The van der Waals surface area contributed by atoms with Gasteiger partial charge in [0.1, 0.15) is 11.5 Å². The molecule has 1 atom stereocenters. The molecule has 2 aromatic rings. The van der Waals surface area contributed by atoms with Crippen LogP contribution in [0.15, 0.2) is 24.9 Å². The van der Waals surface area contributed by atoms with Gasteiger partial charge >= 0.3 is 11.9 Å². The molecule has 3 rings (SSSR count). The third-order valence-electron chi connectivity index (χ3n) is 5.83. The maximum Gasteiger partial charge on any atom is 0.358 e. The van der Waals surface area contributed by atoms with Crippen LogP contribution in [-0.2, 0) is 19.0 Å². The van der Waals surface area contributed by atoms with E-state index in [1.54, 1.807) is 36.6 Å². The van der Waals surface area contributed by atoms with Gasteiger partial charge in [0.15, 0.2) is 11.8 Å². The van der Waals surface area contributed by atoms with Gasteiger partial charge in [0.25, 0.3) is 0 Å². The van der Waals surface area contributed by atoms with Crippen LogP contribution in [0.5, 0.6) is 0 Å². The van der Waals surface area contributed by atoms with Gasteiger partial charge in [-0.25, -0.2) is 14.6 Å². The summed E-state index contributed by atoms with van der Waals surface area (Å²) < 4.78 is 17.6. The van der Waals surface area contributed by atoms with Crippen molar-refractivity contribution in [2.24, 2.45) is 0 Å². The van der Waals surface area contributed by atoms with Crippen molar-refractivity contribution in [1.82, 2.24) is 9.38 Å². The van der Waals surface area contributed by atoms with Crippen LogP contribution in [0.2, 0.25) is 0 Å². The average Bonchev–Trinajstić information content (AvgIpc) is 3.20. The highest BCUT2D eigenvalue weighted by molar-refractivity contribution is 5.88. The van der Waals surface area contributed by atoms with E-state index in [9.17, 15) is 14.7 Å². The molecular weight excluding hydrogens is 414 g/mol. The Kier molecular flexibility index (Phi) is 7.20. The Morgan fingerprint density at radius 3 is 2.66 bits per heavy atom. The minimum absolute atomic E-state index is 0.161. The summed E-state index contributed by atoms with van der Waals surface area (Å²) in [6, 6.07) is 1.73. The molecule has 0 spiro atoms. The molecule has 0 aliphatic carbocycles. The normalized spacial score (nSPS) is 16.6. The number of imidazole rings is 1. The number of nitrogens with zero attached hydrogens (tertiary/aromatic N) is 3. The summed E-state index contributed by atoms with van der Waals surface area (Å²) in [6.07, 6.45) is 3.32. The third-order valence-corrected chi connectivity index (χ3v) is 5.83. The lowest BCUT2D eigenvalue weighted by atomic mass is 9.92. The van der Waals surface area contributed by atoms with Crippen LogP contribution in [0.3, 0.4) is 0 Å². The van der Waals surface area contributed by atoms with E-state index in [1.165, 1.54) is 7.11 Å². The molecule has 32 heavy (non-hydrogen) atoms. The molecule has 1 aliphatic heterocycles. The SMILES string of the molecule is C=CCOC1(C)CCN(c2c([C@H](O)C(=O)OC)c(C)cc3nc(C(=O)OCC)cn23)CC1. The Morgan fingerprint density at radius 2 is 2.06 bits per heavy atom. The van der Waals surface area contributed by atoms with Gasteiger partial charge in [-0.1, -0.05) is 6.08 Å². The summed E-state index contributed by atoms with van der Waals surface area (Å²) >= 11 is 0. The average molecular weight is 446 g/mol. The van der Waals surface area contributed by atoms with Crippen LogP contribution in [0.1, 0.15) is 54.4 Å². The lowest BCUT2D eigenvalue weighted by Gasteiger charge is -2.41. The number of carbonyl (C=O) groups excluding carboxylic acids is 2. The van der Waals surface area contributed by atoms with E-state index in [-0.39, 0.29) is 17.9 Å². The largest absolute Gasteiger partial charge is 0.467 e. The fourth-order valence-corrected chi connectivity index (χ4v) is 4.03. The summed E-state index contributed by atoms with van der Waals surface area (Å²) in [5.74, 6) is -0.679. The molecular formula is C23H31N3O6. The zero-order valence-corrected chi connectivity index (χ0v) is 19.1. The maximum atomic E-state index is 12.3. The molecule has 9 heteroatoms. The quantitative estimate of drug-likeness (QED) is 0.489. The number of aryl methyl sites for hydroxylation is 1. The van der Waals surface area contributed by atoms with E-state index in [0.717, 1.165) is 12.8 Å². The monoisotopic (exact) mass is 445 g/mol. The van der Waals surface area contributed by atoms with Crippen molar-refractivity contribution in [2.75, 3.05) is 38.3 Å². The molecule has 9 nitrogen and oxygen atoms in total. The Morgan fingerprint density at radius 1 is 1.38 bits per heavy atom. The zero-order chi connectivity index (χ0) is 23.5. The van der Waals surface area contributed by atoms with Crippen molar-refractivity contribution in [3.8, 4) is 0 Å². The first-order valence-electron chi connectivity index (χ1n) is 10.7. The van der Waals surface area contributed by atoms with E-state index in [0.29, 0.717) is 42.3 Å². The molecule has 2 aromatic heterocycles. The number of aromatic nitrogens is 2. The number of fused-ring (bicyclic) bond motifs is 1. The lowest BCUT2D eigenvalue weighted by molar-refractivity contribution is -0.150. The first kappa shape index (κ1) is 23.7. The molecule has 0 radical (unpaired) electrons. The van der Waals surface area contributed by atoms with Crippen LogP contribution in [0.25, 0.3) is 5.65 Å². The highest BCUT2D eigenvalue weighted by Gasteiger charge is 2.35. The van der Waals surface area contributed by atoms with Crippen molar-refractivity contribution in [3.05, 3.63) is 41.7 Å². The predicted octanol–water partition coefficient (Wildman–Crippen LogP) is 2.59. The van der Waals surface area contributed by atoms with Crippen LogP contribution >= 0.6 is 0 Å². The standard InChI is InChI=1S/C23H31N3O6/c1-6-12-32-23(4)8-10-25(11-9-23)20-18(19(27)22(29)30-5)15(3)13-17-24-16(14-26(17)20)21(28)31-7-2/h6,13-14,19,27H,1,7-12H2,2-5H3/t19-/m0/s1. The van der Waals surface area contributed by atoms with Crippen LogP contribution in [0, 0.1) is 6.92 Å². The van der Waals surface area contributed by atoms with E-state index in [1.807, 2.05) is 0 Å². The summed E-state index contributed by atoms with van der Waals surface area (Å²) in [4.78, 5) is 31.0. The number of ether oxygens (including phenoxy) is 3. The fraction of sp³-hybridized carbons (Fsp3) is 0.522. The lowest BCUT2D eigenvalue weighted by Crippen LogP contribution is -2.45. The molecule has 1 aliphatic rings. The van der Waals surface area contributed by atoms with E-state index < -0.39 is 18.0 Å². The number of piperidine rings is 1. The highest BCUT2D eigenvalue weighted by Crippen LogP contribution is 2.36. The van der Waals surface area contributed by atoms with Gasteiger partial charge in [-0.2, -0.15) is 0 Å². The number of carbonyl (C=O) groups is 2. The molecule has 0 bridgehead atoms. The number of hydrogen-bond donors (Lipinski definition) is 1. The molecule has 174 valence electrons. The summed E-state index contributed by atoms with van der Waals surface area (Å²) in [6.45, 7) is 11.3. The number of rotatable bonds is 8. The van der Waals surface area contributed by atoms with Gasteiger partial charge in [-0.05, 0) is 45.2 Å². The number of esters is 2. The third kappa shape index (κ3) is 4.63. The van der Waals surface area contributed by atoms with Crippen LogP contribution in [-0.4, -0.2) is 65.4 Å². The first-order valence-corrected chi connectivity index (χ1v) is 10.7. The van der Waals surface area contributed by atoms with Crippen molar-refractivity contribution in [3.63, 3.8) is 0 Å². The van der Waals surface area contributed by atoms with Crippen LogP contribution < -0.4 is 4.90 Å². The number of aliphatic hydroxyl groups is 1. The fourth-order valence-electron chi connectivity index (χ4n) is 4.03. The van der Waals surface area contributed by atoms with Gasteiger partial charge in [-0.3, -0.25) is 4.40 Å². The number of methoxy groups -OCH3 is 1. The summed E-state index contributed by atoms with van der Waals surface area (Å²) in [5, 5.41) is 10.8. The molecule has 0 saturated carbocycles. The minimum atomic E-state index is -1.47. The smallest absolute Gasteiger partial charge is 0.358 e. The van der Waals surface area contributed by atoms with E-state index in [2.05, 4.69) is 23.4 Å². The van der Waals surface area contributed by atoms with Crippen molar-refractivity contribution >= 4 is 23.4 Å². The highest BCUT2D eigenvalue weighted by atomic mass is 16.5. The van der Waals surface area contributed by atoms with Crippen LogP contribution in [0.4, 0.5) is 5.82 Å². The van der Waals surface area contributed by atoms with Crippen molar-refractivity contribution in [1.29, 1.82) is 0 Å². The molecule has 0 amide bonds. The molecule has 0 aromatic carbocycles. The minimum Gasteiger partial charge on any atom is -0.467 e. The van der Waals surface area contributed by atoms with Crippen molar-refractivity contribution in [2.45, 2.75) is 45.3 Å². The second kappa shape index (κ2) is 9.70. The predicted molar refractivity (Wildman–Crippen MR) is 119 cm³/mol. The van der Waals surface area contributed by atoms with E-state index in [4.69, 9.17) is 14.2 Å². The molecule has 1 N–H and O–H groups in total. The second-order valence-electron chi connectivity index (χ2n) is 8.10. The molecule has 0 unspecified atom stereocenters. The number of hydrogen-bond acceptors (Lipinski definition) is 8. The molecule has 1 fully saturated rings. The van der Waals surface area contributed by atoms with Gasteiger partial charge in [-0.15, -0.1) is 6.58 Å². The Labute approximate surface area is 187 Å². The molecule has 3 heterocycles. The number of anilines is 1. The van der Waals surface area contributed by atoms with Gasteiger partial charge in [0.05, 0.1) is 25.9 Å². The number of aliphatic hydroxyl groups excluding tert-OH is 1. The Balaban J connectivity index is 2.09. The second-order valence-corrected chi connectivity index (χ2v) is 8.10. The molecule has 1 saturated heterocycles. The van der Waals surface area contributed by atoms with E-state index >= 15 is 0 Å². The first-order chi connectivity index (χ1) is 15.2. The van der Waals surface area contributed by atoms with Gasteiger partial charge in [0, 0.05) is 24.8 Å². The Bertz CT molecular complexity index is 1010. The topological polar surface area (TPSA) is 103 Å². The van der Waals surface area contributed by atoms with Gasteiger partial charge in [0.2, 0.25) is 0 Å². The Hall–Kier alpha value is -2.91. The van der Waals surface area contributed by atoms with Gasteiger partial charge < -0.3 is 24.2 Å². The summed E-state index contributed by atoms with van der Waals surface area (Å²) in [7, 11) is 1.23. The summed E-state index contributed by atoms with van der Waals surface area (Å²) in [5.41, 5.74) is 1.49.